The zero-order valence-corrected chi connectivity index (χ0v) is 32.6. The first-order valence-corrected chi connectivity index (χ1v) is 19.1. The summed E-state index contributed by atoms with van der Waals surface area (Å²) in [4.78, 5) is 93.1. The number of carboxylic acids is 1. The van der Waals surface area contributed by atoms with Gasteiger partial charge in [0.1, 0.15) is 31.8 Å². The molecule has 58 heavy (non-hydrogen) atoms. The number of fused-ring (bicyclic) bond motifs is 1. The fraction of sp³-hybridized carbons (Fsp3) is 0.368. The molecule has 0 fully saturated rings. The van der Waals surface area contributed by atoms with Gasteiger partial charge in [-0.2, -0.15) is 12.6 Å². The van der Waals surface area contributed by atoms with E-state index < -0.39 is 72.1 Å². The van der Waals surface area contributed by atoms with Gasteiger partial charge in [0.2, 0.25) is 23.6 Å². The fourth-order valence-corrected chi connectivity index (χ4v) is 6.14. The summed E-state index contributed by atoms with van der Waals surface area (Å²) in [5.41, 5.74) is 19.1. The minimum Gasteiger partial charge on any atom is -0.480 e. The van der Waals surface area contributed by atoms with E-state index in [0.29, 0.717) is 16.8 Å². The first kappa shape index (κ1) is 42.9. The third-order valence-corrected chi connectivity index (χ3v) is 9.38. The number of carboxylic acid groups (broad SMARTS) is 1. The van der Waals surface area contributed by atoms with Gasteiger partial charge in [0, 0.05) is 60.6 Å². The van der Waals surface area contributed by atoms with Gasteiger partial charge in [-0.3, -0.25) is 24.2 Å². The Bertz CT molecular complexity index is 2060. The zero-order chi connectivity index (χ0) is 42.9. The smallest absolute Gasteiger partial charge is 0.327 e. The van der Waals surface area contributed by atoms with Crippen molar-refractivity contribution in [2.24, 2.45) is 16.5 Å². The van der Waals surface area contributed by atoms with Crippen molar-refractivity contribution >= 4 is 65.4 Å². The van der Waals surface area contributed by atoms with Crippen LogP contribution in [0.5, 0.6) is 0 Å². The number of guanidine groups is 1. The molecular weight excluding hydrogens is 769 g/mol. The molecule has 0 aliphatic rings. The van der Waals surface area contributed by atoms with E-state index in [1.807, 2.05) is 24.3 Å². The predicted molar refractivity (Wildman–Crippen MR) is 219 cm³/mol. The monoisotopic (exact) mass is 819 g/mol. The zero-order valence-electron chi connectivity index (χ0n) is 32.7. The maximum atomic E-state index is 14.1. The number of para-hydroxylation sites is 1. The topological polar surface area (TPSA) is 304 Å². The molecule has 19 nitrogen and oxygen atoms in total. The van der Waals surface area contributed by atoms with Crippen LogP contribution in [0.25, 0.3) is 10.9 Å². The molecule has 4 rings (SSSR count). The second-order valence-electron chi connectivity index (χ2n) is 13.4. The summed E-state index contributed by atoms with van der Waals surface area (Å²) in [7, 11) is 0. The summed E-state index contributed by atoms with van der Waals surface area (Å²) < 4.78 is 7.63. The fourth-order valence-electron chi connectivity index (χ4n) is 5.89. The van der Waals surface area contributed by atoms with Gasteiger partial charge >= 0.3 is 5.97 Å². The van der Waals surface area contributed by atoms with Crippen molar-refractivity contribution in [2.75, 3.05) is 12.3 Å². The van der Waals surface area contributed by atoms with E-state index in [0.717, 1.165) is 10.9 Å². The van der Waals surface area contributed by atoms with Gasteiger partial charge in [-0.15, -0.1) is 0 Å². The van der Waals surface area contributed by atoms with Crippen LogP contribution in [-0.2, 0) is 48.0 Å². The first-order valence-electron chi connectivity index (χ1n) is 18.9. The number of aliphatic carboxylic acids is 1. The number of aliphatic imine (C=N–C) groups is 1. The quantitative estimate of drug-likeness (QED) is 0.0101. The first-order chi connectivity index (χ1) is 28.2. The highest BCUT2D eigenvalue weighted by atomic mass is 32.1. The third kappa shape index (κ3) is 13.7. The number of hydrogen-bond donors (Lipinski definition) is 12. The molecule has 0 saturated heterocycles. The van der Waals surface area contributed by atoms with Crippen LogP contribution in [0, 0.1) is 0 Å². The highest BCUT2D eigenvalue weighted by Gasteiger charge is 2.32. The number of nitrogens with two attached hydrogens (primary N) is 2. The van der Waals surface area contributed by atoms with Crippen molar-refractivity contribution in [1.29, 1.82) is 0 Å². The molecule has 0 bridgehead atoms. The molecule has 2 unspecified atom stereocenters. The number of rotatable bonds is 24. The number of benzene rings is 2. The Morgan fingerprint density at radius 1 is 0.862 bits per heavy atom. The molecule has 13 N–H and O–H groups in total. The van der Waals surface area contributed by atoms with E-state index in [4.69, 9.17) is 12.8 Å². The van der Waals surface area contributed by atoms with E-state index in [1.165, 1.54) is 19.4 Å². The average molecular weight is 820 g/mol. The van der Waals surface area contributed by atoms with Crippen LogP contribution in [0.3, 0.4) is 0 Å². The van der Waals surface area contributed by atoms with Gasteiger partial charge in [0.25, 0.3) is 0 Å². The second-order valence-corrected chi connectivity index (χ2v) is 13.8. The third-order valence-electron chi connectivity index (χ3n) is 9.01. The van der Waals surface area contributed by atoms with Crippen molar-refractivity contribution in [3.63, 3.8) is 0 Å². The van der Waals surface area contributed by atoms with E-state index in [1.54, 1.807) is 36.5 Å². The summed E-state index contributed by atoms with van der Waals surface area (Å²) in [6.07, 6.45) is 3.96. The van der Waals surface area contributed by atoms with E-state index in [2.05, 4.69) is 64.7 Å². The lowest BCUT2D eigenvalue weighted by Gasteiger charge is -2.27. The Kier molecular flexibility index (Phi) is 16.6. The summed E-state index contributed by atoms with van der Waals surface area (Å²) >= 11 is 4.05. The SMILES string of the molecule is [2H]C(=O)[C@H](Cc1cnc[nH]1)NN[C@@H](C)C(=O)NC(Cc1ccccc1)C(=O)N[C@@H](CCCN=C(N)N)C(=O)NC(Cc1c[nH]c2ccccc12)C(=O)N[C@@H](CS)C(=O)O. The number of aromatic amines is 2. The lowest BCUT2D eigenvalue weighted by molar-refractivity contribution is -0.141. The molecule has 20 heteroatoms. The molecule has 0 aliphatic heterocycles. The second kappa shape index (κ2) is 22.5. The molecule has 0 radical (unpaired) electrons. The molecule has 2 aromatic heterocycles. The van der Waals surface area contributed by atoms with Gasteiger partial charge in [0.15, 0.2) is 5.96 Å². The number of H-pyrrole nitrogens is 2. The van der Waals surface area contributed by atoms with Crippen molar-refractivity contribution in [3.05, 3.63) is 90.1 Å². The molecule has 0 saturated carbocycles. The predicted octanol–water partition coefficient (Wildman–Crippen LogP) is -1.02. The molecule has 0 aliphatic carbocycles. The normalized spacial score (nSPS) is 14.4. The lowest BCUT2D eigenvalue weighted by atomic mass is 10.0. The number of carbonyl (C=O) groups excluding carboxylic acids is 5. The van der Waals surface area contributed by atoms with Gasteiger partial charge < -0.3 is 52.6 Å². The van der Waals surface area contributed by atoms with Crippen LogP contribution in [0.2, 0.25) is 0 Å². The van der Waals surface area contributed by atoms with Crippen molar-refractivity contribution in [3.8, 4) is 0 Å². The number of carbonyl (C=O) groups is 6. The molecule has 6 atom stereocenters. The van der Waals surface area contributed by atoms with E-state index >= 15 is 0 Å². The molecule has 4 amide bonds. The molecule has 0 spiro atoms. The van der Waals surface area contributed by atoms with E-state index in [-0.39, 0.29) is 50.4 Å². The number of nitrogens with one attached hydrogen (secondary N) is 8. The molecule has 2 heterocycles. The Labute approximate surface area is 341 Å². The highest BCUT2D eigenvalue weighted by Crippen LogP contribution is 2.19. The minimum atomic E-state index is -1.35. The van der Waals surface area contributed by atoms with Gasteiger partial charge in [-0.25, -0.2) is 20.6 Å². The van der Waals surface area contributed by atoms with Gasteiger partial charge in [0.05, 0.1) is 18.4 Å². The van der Waals surface area contributed by atoms with E-state index in [9.17, 15) is 33.9 Å². The summed E-state index contributed by atoms with van der Waals surface area (Å²) in [6.45, 7) is 1.59. The van der Waals surface area contributed by atoms with Crippen LogP contribution >= 0.6 is 12.6 Å². The summed E-state index contributed by atoms with van der Waals surface area (Å²) in [5, 5.41) is 21.0. The number of thiol groups is 1. The van der Waals surface area contributed by atoms with Crippen molar-refractivity contribution < 1.29 is 35.2 Å². The van der Waals surface area contributed by atoms with Crippen LogP contribution < -0.4 is 43.6 Å². The van der Waals surface area contributed by atoms with Crippen LogP contribution in [0.15, 0.2) is 78.3 Å². The number of amides is 4. The number of hydrazine groups is 1. The molecule has 310 valence electrons. The Morgan fingerprint density at radius 3 is 2.16 bits per heavy atom. The minimum absolute atomic E-state index is 0.00305. The van der Waals surface area contributed by atoms with Gasteiger partial charge in [-0.05, 0) is 37.0 Å². The number of hydrogen-bond acceptors (Lipinski definition) is 11. The average Bonchev–Trinajstić information content (AvgIpc) is 3.89. The lowest BCUT2D eigenvalue weighted by Crippen LogP contribution is -2.60. The summed E-state index contributed by atoms with van der Waals surface area (Å²) in [6, 6.07) is 8.95. The maximum Gasteiger partial charge on any atom is 0.327 e. The van der Waals surface area contributed by atoms with Crippen molar-refractivity contribution in [1.82, 2.24) is 47.1 Å². The van der Waals surface area contributed by atoms with Crippen LogP contribution in [0.4, 0.5) is 0 Å². The van der Waals surface area contributed by atoms with Crippen molar-refractivity contribution in [2.45, 2.75) is 75.3 Å². The van der Waals surface area contributed by atoms with Crippen LogP contribution in [-0.4, -0.2) is 110 Å². The molecule has 2 aromatic carbocycles. The number of aromatic nitrogens is 3. The molecule has 4 aromatic rings. The Balaban J connectivity index is 1.56. The number of aldehydes is 1. The summed E-state index contributed by atoms with van der Waals surface area (Å²) in [5.74, 6) is -4.65. The maximum absolute atomic E-state index is 14.1. The Morgan fingerprint density at radius 2 is 1.50 bits per heavy atom. The van der Waals surface area contributed by atoms with Gasteiger partial charge in [-0.1, -0.05) is 48.5 Å². The number of nitrogens with zero attached hydrogens (tertiary/aromatic N) is 2. The standard InChI is InChI=1S/C38H50N12O7S/c1-22(49-50-26(19-51)16-25-18-41-21-44-25)33(52)46-30(14-23-8-3-2-4-9-23)35(54)45-29(12-7-13-42-38(39)40)34(53)47-31(36(55)48-32(20-58)37(56)57)15-24-17-43-28-11-6-5-10-27(24)28/h2-6,8-11,17-19,21-22,26,29-32,43,49-50,58H,7,12-16,20H2,1H3,(H,41,44)(H,45,54)(H,46,52)(H,47,53)(H,48,55)(H,56,57)(H4,39,40,42)/t22-,26-,29-,30?,31?,32-/m0/s1/i19D. The molecular formula is C38H50N12O7S. The number of imidazole rings is 1. The van der Waals surface area contributed by atoms with Crippen LogP contribution in [0.1, 0.15) is 38.0 Å². The largest absolute Gasteiger partial charge is 0.480 e. The highest BCUT2D eigenvalue weighted by molar-refractivity contribution is 7.80. The Hall–Kier alpha value is -6.25.